The number of carbonyl (C=O) groups excluding carboxylic acids is 2. The molecule has 1 atom stereocenters. The van der Waals surface area contributed by atoms with Crippen LogP contribution in [0.15, 0.2) is 102 Å². The van der Waals surface area contributed by atoms with Gasteiger partial charge in [-0.3, -0.25) is 13.9 Å². The van der Waals surface area contributed by atoms with Gasteiger partial charge in [0.05, 0.1) is 27.7 Å². The van der Waals surface area contributed by atoms with Crippen molar-refractivity contribution in [2.45, 2.75) is 43.7 Å². The molecule has 0 heterocycles. The molecule has 0 saturated carbocycles. The van der Waals surface area contributed by atoms with Crippen molar-refractivity contribution < 1.29 is 22.7 Å². The topological polar surface area (TPSA) is 96.0 Å². The van der Waals surface area contributed by atoms with Crippen LogP contribution >= 0.6 is 34.8 Å². The van der Waals surface area contributed by atoms with Gasteiger partial charge in [-0.2, -0.15) is 0 Å². The highest BCUT2D eigenvalue weighted by Crippen LogP contribution is 2.29. The van der Waals surface area contributed by atoms with Crippen LogP contribution in [0.25, 0.3) is 0 Å². The molecule has 2 amide bonds. The number of nitrogens with one attached hydrogen (secondary N) is 1. The highest BCUT2D eigenvalue weighted by molar-refractivity contribution is 7.92. The Morgan fingerprint density at radius 2 is 1.57 bits per heavy atom. The number of hydrogen-bond donors (Lipinski definition) is 1. The van der Waals surface area contributed by atoms with E-state index in [2.05, 4.69) is 5.32 Å². The molecular weight excluding hydrogens is 681 g/mol. The number of nitrogens with zero attached hydrogens (tertiary/aromatic N) is 2. The van der Waals surface area contributed by atoms with Crippen molar-refractivity contribution in [1.82, 2.24) is 10.2 Å². The lowest BCUT2D eigenvalue weighted by atomic mass is 10.0. The number of carbonyl (C=O) groups is 2. The summed E-state index contributed by atoms with van der Waals surface area (Å²) in [6.07, 6.45) is 1.81. The molecule has 12 heteroatoms. The van der Waals surface area contributed by atoms with Crippen LogP contribution in [0.2, 0.25) is 15.1 Å². The van der Waals surface area contributed by atoms with E-state index >= 15 is 0 Å². The second-order valence-electron chi connectivity index (χ2n) is 10.8. The van der Waals surface area contributed by atoms with E-state index < -0.39 is 28.5 Å². The minimum Gasteiger partial charge on any atom is -0.497 e. The number of amides is 2. The van der Waals surface area contributed by atoms with Crippen molar-refractivity contribution in [3.8, 4) is 5.75 Å². The van der Waals surface area contributed by atoms with Gasteiger partial charge in [-0.25, -0.2) is 8.42 Å². The molecule has 4 aromatic carbocycles. The normalized spacial score (nSPS) is 11.9. The number of rotatable bonds is 15. The Balaban J connectivity index is 1.80. The maximum atomic E-state index is 14.5. The summed E-state index contributed by atoms with van der Waals surface area (Å²) in [5, 5.41) is 3.87. The Kier molecular flexibility index (Phi) is 13.0. The van der Waals surface area contributed by atoms with Gasteiger partial charge in [0.1, 0.15) is 18.3 Å². The standard InChI is InChI=1S/C35H36Cl3N3O5S/c1-3-4-19-39-35(43)33(21-25-9-6-5-7-10-25)40(23-26-13-18-31(37)32(38)20-26)34(42)24-41(28-12-8-11-27(36)22-28)47(44,45)30-16-14-29(46-2)15-17-30/h5-18,20,22,33H,3-4,19,21,23-24H2,1-2H3,(H,39,43)/t33-/m1/s1. The summed E-state index contributed by atoms with van der Waals surface area (Å²) >= 11 is 18.8. The van der Waals surface area contributed by atoms with Crippen LogP contribution < -0.4 is 14.4 Å². The number of sulfonamides is 1. The van der Waals surface area contributed by atoms with E-state index in [0.29, 0.717) is 22.9 Å². The van der Waals surface area contributed by atoms with E-state index in [-0.39, 0.29) is 39.5 Å². The average Bonchev–Trinajstić information content (AvgIpc) is 3.07. The van der Waals surface area contributed by atoms with Crippen LogP contribution in [0.1, 0.15) is 30.9 Å². The van der Waals surface area contributed by atoms with Gasteiger partial charge in [0, 0.05) is 24.5 Å². The summed E-state index contributed by atoms with van der Waals surface area (Å²) in [7, 11) is -2.82. The molecule has 0 saturated heterocycles. The molecule has 248 valence electrons. The molecule has 0 aromatic heterocycles. The lowest BCUT2D eigenvalue weighted by Gasteiger charge is -2.34. The largest absolute Gasteiger partial charge is 0.497 e. The summed E-state index contributed by atoms with van der Waals surface area (Å²) in [4.78, 5) is 29.7. The number of methoxy groups -OCH3 is 1. The van der Waals surface area contributed by atoms with Crippen molar-refractivity contribution >= 4 is 62.3 Å². The van der Waals surface area contributed by atoms with Crippen LogP contribution in [0.5, 0.6) is 5.75 Å². The van der Waals surface area contributed by atoms with Crippen LogP contribution in [0.3, 0.4) is 0 Å². The SMILES string of the molecule is CCCCNC(=O)[C@@H](Cc1ccccc1)N(Cc1ccc(Cl)c(Cl)c1)C(=O)CN(c1cccc(Cl)c1)S(=O)(=O)c1ccc(OC)cc1. The fourth-order valence-corrected chi connectivity index (χ4v) is 6.84. The first-order chi connectivity index (χ1) is 22.5. The lowest BCUT2D eigenvalue weighted by molar-refractivity contribution is -0.140. The number of anilines is 1. The van der Waals surface area contributed by atoms with Crippen molar-refractivity contribution in [2.75, 3.05) is 24.5 Å². The van der Waals surface area contributed by atoms with E-state index in [0.717, 1.165) is 22.7 Å². The van der Waals surface area contributed by atoms with Gasteiger partial charge in [-0.05, 0) is 72.1 Å². The number of hydrogen-bond acceptors (Lipinski definition) is 5. The van der Waals surface area contributed by atoms with Crippen molar-refractivity contribution in [3.05, 3.63) is 123 Å². The van der Waals surface area contributed by atoms with Crippen molar-refractivity contribution in [3.63, 3.8) is 0 Å². The minimum absolute atomic E-state index is 0.0413. The fraction of sp³-hybridized carbons (Fsp3) is 0.257. The first-order valence-corrected chi connectivity index (χ1v) is 17.6. The highest BCUT2D eigenvalue weighted by Gasteiger charge is 2.34. The molecule has 0 radical (unpaired) electrons. The summed E-state index contributed by atoms with van der Waals surface area (Å²) in [6, 6.07) is 25.4. The zero-order chi connectivity index (χ0) is 34.0. The molecular formula is C35H36Cl3N3O5S. The summed E-state index contributed by atoms with van der Waals surface area (Å²) in [5.41, 5.74) is 1.62. The fourth-order valence-electron chi connectivity index (χ4n) is 4.93. The van der Waals surface area contributed by atoms with Gasteiger partial charge in [0.2, 0.25) is 11.8 Å². The zero-order valence-corrected chi connectivity index (χ0v) is 29.1. The third-order valence-electron chi connectivity index (χ3n) is 7.46. The quantitative estimate of drug-likeness (QED) is 0.129. The van der Waals surface area contributed by atoms with E-state index in [1.54, 1.807) is 36.4 Å². The molecule has 0 aliphatic heterocycles. The first-order valence-electron chi connectivity index (χ1n) is 15.0. The number of benzene rings is 4. The third-order valence-corrected chi connectivity index (χ3v) is 10.2. The second-order valence-corrected chi connectivity index (χ2v) is 13.9. The highest BCUT2D eigenvalue weighted by atomic mass is 35.5. The Hall–Kier alpha value is -3.76. The van der Waals surface area contributed by atoms with Gasteiger partial charge in [0.25, 0.3) is 10.0 Å². The Morgan fingerprint density at radius 1 is 0.851 bits per heavy atom. The Labute approximate surface area is 291 Å². The predicted molar refractivity (Wildman–Crippen MR) is 188 cm³/mol. The van der Waals surface area contributed by atoms with Gasteiger partial charge >= 0.3 is 0 Å². The summed E-state index contributed by atoms with van der Waals surface area (Å²) in [5.74, 6) is -0.497. The van der Waals surface area contributed by atoms with Crippen LogP contribution in [-0.4, -0.2) is 51.4 Å². The Morgan fingerprint density at radius 3 is 2.21 bits per heavy atom. The molecule has 0 spiro atoms. The van der Waals surface area contributed by atoms with Gasteiger partial charge < -0.3 is 15.0 Å². The molecule has 0 bridgehead atoms. The number of ether oxygens (including phenoxy) is 1. The van der Waals surface area contributed by atoms with Crippen LogP contribution in [0.4, 0.5) is 5.69 Å². The second kappa shape index (κ2) is 16.9. The smallest absolute Gasteiger partial charge is 0.264 e. The maximum Gasteiger partial charge on any atom is 0.264 e. The molecule has 0 fully saturated rings. The van der Waals surface area contributed by atoms with E-state index in [9.17, 15) is 18.0 Å². The molecule has 47 heavy (non-hydrogen) atoms. The summed E-state index contributed by atoms with van der Waals surface area (Å²) in [6.45, 7) is 1.78. The third kappa shape index (κ3) is 9.64. The Bertz CT molecular complexity index is 1770. The predicted octanol–water partition coefficient (Wildman–Crippen LogP) is 7.41. The van der Waals surface area contributed by atoms with E-state index in [1.165, 1.54) is 42.3 Å². The van der Waals surface area contributed by atoms with Gasteiger partial charge in [-0.1, -0.05) is 90.6 Å². The molecule has 8 nitrogen and oxygen atoms in total. The minimum atomic E-state index is -4.30. The van der Waals surface area contributed by atoms with Crippen LogP contribution in [0, 0.1) is 0 Å². The van der Waals surface area contributed by atoms with E-state index in [4.69, 9.17) is 39.5 Å². The van der Waals surface area contributed by atoms with Gasteiger partial charge in [0.15, 0.2) is 0 Å². The molecule has 0 aliphatic carbocycles. The van der Waals surface area contributed by atoms with Crippen LogP contribution in [-0.2, 0) is 32.6 Å². The monoisotopic (exact) mass is 715 g/mol. The van der Waals surface area contributed by atoms with E-state index in [1.807, 2.05) is 37.3 Å². The van der Waals surface area contributed by atoms with Gasteiger partial charge in [-0.15, -0.1) is 0 Å². The first kappa shape index (κ1) is 36.1. The maximum absolute atomic E-state index is 14.5. The number of halogens is 3. The molecule has 0 aliphatic rings. The number of unbranched alkanes of at least 4 members (excludes halogenated alkanes) is 1. The van der Waals surface area contributed by atoms with Crippen molar-refractivity contribution in [2.24, 2.45) is 0 Å². The molecule has 0 unspecified atom stereocenters. The summed E-state index contributed by atoms with van der Waals surface area (Å²) < 4.78 is 34.5. The average molecular weight is 717 g/mol. The molecule has 1 N–H and O–H groups in total. The van der Waals surface area contributed by atoms with Crippen molar-refractivity contribution in [1.29, 1.82) is 0 Å². The molecule has 4 rings (SSSR count). The lowest BCUT2D eigenvalue weighted by Crippen LogP contribution is -2.53. The zero-order valence-electron chi connectivity index (χ0n) is 26.0. The molecule has 4 aromatic rings.